The number of nitrogens with one attached hydrogen (secondary N) is 2. The smallest absolute Gasteiger partial charge is 0.215 e. The molecular formula is C13H30N4O3S. The summed E-state index contributed by atoms with van der Waals surface area (Å²) in [5, 5.41) is 6.11. The quantitative estimate of drug-likeness (QED) is 0.324. The first-order valence-electron chi connectivity index (χ1n) is 7.59. The number of aliphatic imine (C=N–C) groups is 1. The summed E-state index contributed by atoms with van der Waals surface area (Å²) < 4.78 is 30.8. The van der Waals surface area contributed by atoms with Crippen molar-refractivity contribution in [3.63, 3.8) is 0 Å². The Hall–Kier alpha value is -0.860. The summed E-state index contributed by atoms with van der Waals surface area (Å²) in [5.41, 5.74) is 0. The summed E-state index contributed by atoms with van der Waals surface area (Å²) in [6.07, 6.45) is 0. The van der Waals surface area contributed by atoms with Gasteiger partial charge in [0.2, 0.25) is 10.0 Å². The van der Waals surface area contributed by atoms with Gasteiger partial charge in [0.15, 0.2) is 5.96 Å². The van der Waals surface area contributed by atoms with Gasteiger partial charge in [-0.05, 0) is 13.8 Å². The number of ether oxygens (including phenoxy) is 1. The highest BCUT2D eigenvalue weighted by molar-refractivity contribution is 7.89. The molecule has 0 spiro atoms. The van der Waals surface area contributed by atoms with Crippen molar-refractivity contribution < 1.29 is 13.2 Å². The molecule has 0 aromatic carbocycles. The van der Waals surface area contributed by atoms with Crippen molar-refractivity contribution in [1.82, 2.24) is 14.9 Å². The Labute approximate surface area is 129 Å². The first kappa shape index (κ1) is 20.1. The van der Waals surface area contributed by atoms with Crippen molar-refractivity contribution in [2.45, 2.75) is 27.7 Å². The van der Waals surface area contributed by atoms with Crippen molar-refractivity contribution in [2.24, 2.45) is 4.99 Å². The lowest BCUT2D eigenvalue weighted by atomic mass is 10.6. The Bertz CT molecular complexity index is 381. The third kappa shape index (κ3) is 8.90. The topological polar surface area (TPSA) is 83.0 Å². The molecule has 0 radical (unpaired) electrons. The summed E-state index contributed by atoms with van der Waals surface area (Å²) >= 11 is 0. The first-order valence-corrected chi connectivity index (χ1v) is 9.20. The SMILES string of the molecule is CCNC(=NCCOCC)NCCS(=O)(=O)N(CC)CC. The summed E-state index contributed by atoms with van der Waals surface area (Å²) in [5.74, 6) is 0.678. The number of rotatable bonds is 11. The van der Waals surface area contributed by atoms with E-state index in [1.54, 1.807) is 0 Å². The molecule has 0 heterocycles. The van der Waals surface area contributed by atoms with E-state index in [9.17, 15) is 8.42 Å². The number of nitrogens with zero attached hydrogens (tertiary/aromatic N) is 2. The summed E-state index contributed by atoms with van der Waals surface area (Å²) in [6, 6.07) is 0. The molecule has 8 heteroatoms. The van der Waals surface area contributed by atoms with Crippen LogP contribution >= 0.6 is 0 Å². The van der Waals surface area contributed by atoms with Crippen molar-refractivity contribution in [1.29, 1.82) is 0 Å². The average Bonchev–Trinajstić information content (AvgIpc) is 2.44. The number of hydrogen-bond acceptors (Lipinski definition) is 4. The van der Waals surface area contributed by atoms with Gasteiger partial charge in [0.1, 0.15) is 0 Å². The molecule has 0 aliphatic rings. The zero-order valence-corrected chi connectivity index (χ0v) is 14.5. The number of sulfonamides is 1. The molecule has 0 saturated heterocycles. The molecule has 0 fully saturated rings. The molecule has 0 rings (SSSR count). The molecule has 0 bridgehead atoms. The highest BCUT2D eigenvalue weighted by atomic mass is 32.2. The zero-order valence-electron chi connectivity index (χ0n) is 13.7. The van der Waals surface area contributed by atoms with Crippen molar-refractivity contribution in [3.8, 4) is 0 Å². The maximum absolute atomic E-state index is 12.0. The maximum Gasteiger partial charge on any atom is 0.215 e. The van der Waals surface area contributed by atoms with Crippen LogP contribution in [0.3, 0.4) is 0 Å². The Morgan fingerprint density at radius 2 is 1.81 bits per heavy atom. The van der Waals surface area contributed by atoms with Gasteiger partial charge in [-0.2, -0.15) is 0 Å². The van der Waals surface area contributed by atoms with Crippen LogP contribution in [0, 0.1) is 0 Å². The van der Waals surface area contributed by atoms with Crippen LogP contribution in [0.1, 0.15) is 27.7 Å². The molecule has 0 aromatic heterocycles. The van der Waals surface area contributed by atoms with Crippen molar-refractivity contribution >= 4 is 16.0 Å². The van der Waals surface area contributed by atoms with Gasteiger partial charge in [0, 0.05) is 32.8 Å². The van der Waals surface area contributed by atoms with Crippen LogP contribution in [0.4, 0.5) is 0 Å². The second kappa shape index (κ2) is 11.8. The lowest BCUT2D eigenvalue weighted by Crippen LogP contribution is -2.42. The molecule has 2 N–H and O–H groups in total. The fourth-order valence-corrected chi connectivity index (χ4v) is 3.16. The summed E-state index contributed by atoms with van der Waals surface area (Å²) in [6.45, 7) is 11.4. The standard InChI is InChI=1S/C13H30N4O3S/c1-5-14-13(15-9-11-20-8-4)16-10-12-21(18,19)17(6-2)7-3/h5-12H2,1-4H3,(H2,14,15,16). The molecule has 0 aromatic rings. The maximum atomic E-state index is 12.0. The second-order valence-electron chi connectivity index (χ2n) is 4.28. The van der Waals surface area contributed by atoms with Crippen LogP contribution in [0.15, 0.2) is 4.99 Å². The van der Waals surface area contributed by atoms with Crippen LogP contribution in [0.2, 0.25) is 0 Å². The van der Waals surface area contributed by atoms with Gasteiger partial charge in [-0.3, -0.25) is 4.99 Å². The van der Waals surface area contributed by atoms with E-state index in [4.69, 9.17) is 4.74 Å². The van der Waals surface area contributed by atoms with Gasteiger partial charge in [-0.25, -0.2) is 12.7 Å². The predicted octanol–water partition coefficient (Wildman–Crippen LogP) is 0.250. The molecule has 0 aliphatic carbocycles. The fourth-order valence-electron chi connectivity index (χ4n) is 1.75. The number of hydrogen-bond donors (Lipinski definition) is 2. The molecule has 0 aliphatic heterocycles. The summed E-state index contributed by atoms with van der Waals surface area (Å²) in [4.78, 5) is 4.32. The van der Waals surface area contributed by atoms with Crippen molar-refractivity contribution in [2.75, 3.05) is 51.7 Å². The van der Waals surface area contributed by atoms with Crippen LogP contribution in [0.25, 0.3) is 0 Å². The Morgan fingerprint density at radius 3 is 2.33 bits per heavy atom. The molecule has 0 amide bonds. The minimum atomic E-state index is -3.20. The average molecular weight is 322 g/mol. The van der Waals surface area contributed by atoms with E-state index in [0.717, 1.165) is 6.54 Å². The van der Waals surface area contributed by atoms with Gasteiger partial charge < -0.3 is 15.4 Å². The van der Waals surface area contributed by atoms with Crippen LogP contribution < -0.4 is 10.6 Å². The Morgan fingerprint density at radius 1 is 1.14 bits per heavy atom. The largest absolute Gasteiger partial charge is 0.380 e. The highest BCUT2D eigenvalue weighted by Crippen LogP contribution is 1.99. The highest BCUT2D eigenvalue weighted by Gasteiger charge is 2.18. The number of guanidine groups is 1. The molecule has 0 saturated carbocycles. The molecular weight excluding hydrogens is 292 g/mol. The van der Waals surface area contributed by atoms with Gasteiger partial charge in [-0.15, -0.1) is 0 Å². The van der Waals surface area contributed by atoms with Crippen LogP contribution in [0.5, 0.6) is 0 Å². The van der Waals surface area contributed by atoms with Gasteiger partial charge in [0.25, 0.3) is 0 Å². The monoisotopic (exact) mass is 322 g/mol. The minimum absolute atomic E-state index is 0.0601. The third-order valence-electron chi connectivity index (χ3n) is 2.81. The fraction of sp³-hybridized carbons (Fsp3) is 0.923. The molecule has 21 heavy (non-hydrogen) atoms. The molecule has 0 atom stereocenters. The van der Waals surface area contributed by atoms with E-state index in [2.05, 4.69) is 15.6 Å². The van der Waals surface area contributed by atoms with Crippen LogP contribution in [-0.4, -0.2) is 70.4 Å². The lowest BCUT2D eigenvalue weighted by Gasteiger charge is -2.19. The van der Waals surface area contributed by atoms with E-state index >= 15 is 0 Å². The van der Waals surface area contributed by atoms with E-state index < -0.39 is 10.0 Å². The Kier molecular flexibility index (Phi) is 11.3. The lowest BCUT2D eigenvalue weighted by molar-refractivity contribution is 0.155. The van der Waals surface area contributed by atoms with E-state index in [-0.39, 0.29) is 5.75 Å². The summed E-state index contributed by atoms with van der Waals surface area (Å²) in [7, 11) is -3.20. The zero-order chi connectivity index (χ0) is 16.1. The normalized spacial score (nSPS) is 12.7. The molecule has 7 nitrogen and oxygen atoms in total. The van der Waals surface area contributed by atoms with Crippen molar-refractivity contribution in [3.05, 3.63) is 0 Å². The van der Waals surface area contributed by atoms with E-state index in [1.807, 2.05) is 27.7 Å². The van der Waals surface area contributed by atoms with E-state index in [1.165, 1.54) is 4.31 Å². The van der Waals surface area contributed by atoms with E-state index in [0.29, 0.717) is 45.4 Å². The molecule has 0 unspecified atom stereocenters. The van der Waals surface area contributed by atoms with Gasteiger partial charge in [0.05, 0.1) is 18.9 Å². The second-order valence-corrected chi connectivity index (χ2v) is 6.37. The third-order valence-corrected chi connectivity index (χ3v) is 4.83. The molecule has 126 valence electrons. The minimum Gasteiger partial charge on any atom is -0.380 e. The van der Waals surface area contributed by atoms with Gasteiger partial charge in [-0.1, -0.05) is 13.8 Å². The van der Waals surface area contributed by atoms with Gasteiger partial charge >= 0.3 is 0 Å². The first-order chi connectivity index (χ1) is 10.0. The predicted molar refractivity (Wildman–Crippen MR) is 87.2 cm³/mol. The Balaban J connectivity index is 4.30. The van der Waals surface area contributed by atoms with Crippen LogP contribution in [-0.2, 0) is 14.8 Å².